The van der Waals surface area contributed by atoms with E-state index in [1.807, 2.05) is 6.07 Å². The first-order valence-electron chi connectivity index (χ1n) is 10.4. The second-order valence-electron chi connectivity index (χ2n) is 7.98. The van der Waals surface area contributed by atoms with Crippen molar-refractivity contribution in [1.82, 2.24) is 10.3 Å². The average Bonchev–Trinajstić information content (AvgIpc) is 3.18. The molecule has 1 aliphatic heterocycles. The minimum atomic E-state index is -0.408. The van der Waals surface area contributed by atoms with Gasteiger partial charge in [-0.2, -0.15) is 5.26 Å². The molecule has 1 aliphatic carbocycles. The van der Waals surface area contributed by atoms with E-state index in [4.69, 9.17) is 10.00 Å². The smallest absolute Gasteiger partial charge is 0.227 e. The van der Waals surface area contributed by atoms with Crippen molar-refractivity contribution >= 4 is 17.5 Å². The number of nitrogens with one attached hydrogen (secondary N) is 1. The molecule has 2 amide bonds. The molecule has 0 bridgehead atoms. The van der Waals surface area contributed by atoms with Crippen LogP contribution in [-0.2, 0) is 9.59 Å². The lowest BCUT2D eigenvalue weighted by molar-refractivity contribution is -0.127. The highest BCUT2D eigenvalue weighted by Gasteiger charge is 2.36. The number of amides is 2. The highest BCUT2D eigenvalue weighted by molar-refractivity contribution is 6.00. The Morgan fingerprint density at radius 1 is 1.16 bits per heavy atom. The molecule has 1 atom stereocenters. The maximum atomic E-state index is 13.1. The summed E-state index contributed by atoms with van der Waals surface area (Å²) >= 11 is 0. The lowest BCUT2D eigenvalue weighted by Gasteiger charge is -2.29. The highest BCUT2D eigenvalue weighted by Crippen LogP contribution is 2.27. The molecule has 31 heavy (non-hydrogen) atoms. The van der Waals surface area contributed by atoms with Gasteiger partial charge in [0.25, 0.3) is 0 Å². The second kappa shape index (κ2) is 9.13. The number of halogens is 1. The van der Waals surface area contributed by atoms with Gasteiger partial charge < -0.3 is 15.0 Å². The molecule has 1 unspecified atom stereocenters. The standard InChI is InChI=1S/C23H23FN4O3/c24-17-2-6-19(7-3-17)28-14-16(11-22(28)29)23(30)27-18-4-8-20(9-5-18)31-21-10-1-15(12-25)13-26-21/h1-3,6-7,10,13,16,18,20H,4-5,8-9,11,14H2,(H,27,30). The zero-order valence-electron chi connectivity index (χ0n) is 17.0. The number of hydrogen-bond acceptors (Lipinski definition) is 5. The molecule has 1 saturated heterocycles. The minimum Gasteiger partial charge on any atom is -0.474 e. The molecule has 7 nitrogen and oxygen atoms in total. The van der Waals surface area contributed by atoms with Crippen molar-refractivity contribution in [1.29, 1.82) is 5.26 Å². The number of pyridine rings is 1. The van der Waals surface area contributed by atoms with Gasteiger partial charge in [-0.1, -0.05) is 0 Å². The number of carbonyl (C=O) groups excluding carboxylic acids is 2. The Morgan fingerprint density at radius 3 is 2.55 bits per heavy atom. The fraction of sp³-hybridized carbons (Fsp3) is 0.391. The van der Waals surface area contributed by atoms with E-state index >= 15 is 0 Å². The summed E-state index contributed by atoms with van der Waals surface area (Å²) in [5.41, 5.74) is 1.10. The zero-order chi connectivity index (χ0) is 21.8. The van der Waals surface area contributed by atoms with Crippen molar-refractivity contribution in [3.05, 3.63) is 54.0 Å². The van der Waals surface area contributed by atoms with Crippen LogP contribution in [0.4, 0.5) is 10.1 Å². The third-order valence-corrected chi connectivity index (χ3v) is 5.81. The first kappa shape index (κ1) is 20.8. The fourth-order valence-corrected chi connectivity index (χ4v) is 4.08. The minimum absolute atomic E-state index is 0.0237. The van der Waals surface area contributed by atoms with Gasteiger partial charge in [-0.15, -0.1) is 0 Å². The van der Waals surface area contributed by atoms with E-state index in [1.54, 1.807) is 29.2 Å². The van der Waals surface area contributed by atoms with Crippen molar-refractivity contribution in [2.45, 2.75) is 44.2 Å². The molecule has 1 aromatic heterocycles. The molecular formula is C23H23FN4O3. The molecule has 1 N–H and O–H groups in total. The Labute approximate surface area is 179 Å². The number of aromatic nitrogens is 1. The maximum absolute atomic E-state index is 13.1. The highest BCUT2D eigenvalue weighted by atomic mass is 19.1. The number of nitriles is 1. The Balaban J connectivity index is 1.25. The van der Waals surface area contributed by atoms with Crippen LogP contribution in [0.5, 0.6) is 5.88 Å². The molecule has 2 fully saturated rings. The molecule has 2 heterocycles. The number of anilines is 1. The second-order valence-corrected chi connectivity index (χ2v) is 7.98. The Kier molecular flexibility index (Phi) is 6.12. The number of hydrogen-bond donors (Lipinski definition) is 1. The lowest BCUT2D eigenvalue weighted by atomic mass is 9.92. The van der Waals surface area contributed by atoms with E-state index in [-0.39, 0.29) is 36.2 Å². The van der Waals surface area contributed by atoms with E-state index in [0.717, 1.165) is 25.7 Å². The topological polar surface area (TPSA) is 95.3 Å². The summed E-state index contributed by atoms with van der Waals surface area (Å²) in [5.74, 6) is -0.514. The van der Waals surface area contributed by atoms with Gasteiger partial charge in [-0.25, -0.2) is 9.37 Å². The first-order valence-corrected chi connectivity index (χ1v) is 10.4. The van der Waals surface area contributed by atoms with Gasteiger partial charge >= 0.3 is 0 Å². The van der Waals surface area contributed by atoms with Crippen LogP contribution in [0.3, 0.4) is 0 Å². The monoisotopic (exact) mass is 422 g/mol. The number of rotatable bonds is 5. The van der Waals surface area contributed by atoms with E-state index < -0.39 is 5.92 Å². The summed E-state index contributed by atoms with van der Waals surface area (Å²) in [6, 6.07) is 11.2. The summed E-state index contributed by atoms with van der Waals surface area (Å²) in [5, 5.41) is 11.9. The summed E-state index contributed by atoms with van der Waals surface area (Å²) in [6.45, 7) is 0.305. The van der Waals surface area contributed by atoms with Crippen LogP contribution in [0, 0.1) is 23.1 Å². The zero-order valence-corrected chi connectivity index (χ0v) is 17.0. The predicted octanol–water partition coefficient (Wildman–Crippen LogP) is 2.95. The van der Waals surface area contributed by atoms with Crippen molar-refractivity contribution in [2.24, 2.45) is 5.92 Å². The SMILES string of the molecule is N#Cc1ccc(OC2CCC(NC(=O)C3CC(=O)N(c4ccc(F)cc4)C3)CC2)nc1. The Bertz CT molecular complexity index is 979. The predicted molar refractivity (Wildman–Crippen MR) is 111 cm³/mol. The van der Waals surface area contributed by atoms with Crippen molar-refractivity contribution in [3.8, 4) is 11.9 Å². The fourth-order valence-electron chi connectivity index (χ4n) is 4.08. The Morgan fingerprint density at radius 2 is 1.90 bits per heavy atom. The molecule has 1 aromatic carbocycles. The molecule has 2 aromatic rings. The van der Waals surface area contributed by atoms with Gasteiger partial charge in [0.1, 0.15) is 18.0 Å². The molecule has 0 spiro atoms. The third kappa shape index (κ3) is 5.00. The van der Waals surface area contributed by atoms with Crippen LogP contribution >= 0.6 is 0 Å². The van der Waals surface area contributed by atoms with E-state index in [2.05, 4.69) is 10.3 Å². The van der Waals surface area contributed by atoms with Crippen LogP contribution in [-0.4, -0.2) is 35.5 Å². The van der Waals surface area contributed by atoms with Crippen molar-refractivity contribution in [2.75, 3.05) is 11.4 Å². The molecular weight excluding hydrogens is 399 g/mol. The number of carbonyl (C=O) groups is 2. The van der Waals surface area contributed by atoms with Gasteiger partial charge in [0, 0.05) is 37.0 Å². The van der Waals surface area contributed by atoms with Gasteiger partial charge in [-0.05, 0) is 56.0 Å². The number of ether oxygens (including phenoxy) is 1. The van der Waals surface area contributed by atoms with Gasteiger partial charge in [-0.3, -0.25) is 9.59 Å². The van der Waals surface area contributed by atoms with E-state index in [1.165, 1.54) is 18.3 Å². The van der Waals surface area contributed by atoms with Crippen LogP contribution in [0.15, 0.2) is 42.6 Å². The first-order chi connectivity index (χ1) is 15.0. The summed E-state index contributed by atoms with van der Waals surface area (Å²) < 4.78 is 19.0. The summed E-state index contributed by atoms with van der Waals surface area (Å²) in [4.78, 5) is 30.7. The van der Waals surface area contributed by atoms with Gasteiger partial charge in [0.15, 0.2) is 0 Å². The average molecular weight is 422 g/mol. The molecule has 8 heteroatoms. The van der Waals surface area contributed by atoms with Crippen molar-refractivity contribution in [3.63, 3.8) is 0 Å². The molecule has 160 valence electrons. The molecule has 4 rings (SSSR count). The van der Waals surface area contributed by atoms with Gasteiger partial charge in [0.05, 0.1) is 11.5 Å². The largest absolute Gasteiger partial charge is 0.474 e. The van der Waals surface area contributed by atoms with Crippen molar-refractivity contribution < 1.29 is 18.7 Å². The molecule has 0 radical (unpaired) electrons. The maximum Gasteiger partial charge on any atom is 0.227 e. The quantitative estimate of drug-likeness (QED) is 0.799. The van der Waals surface area contributed by atoms with Crippen LogP contribution in [0.25, 0.3) is 0 Å². The summed E-state index contributed by atoms with van der Waals surface area (Å²) in [6.07, 6.45) is 4.82. The van der Waals surface area contributed by atoms with E-state index in [9.17, 15) is 14.0 Å². The molecule has 2 aliphatic rings. The normalized spacial score (nSPS) is 23.3. The van der Waals surface area contributed by atoms with Crippen LogP contribution in [0.1, 0.15) is 37.7 Å². The number of nitrogens with zero attached hydrogens (tertiary/aromatic N) is 3. The summed E-state index contributed by atoms with van der Waals surface area (Å²) in [7, 11) is 0. The third-order valence-electron chi connectivity index (χ3n) is 5.81. The van der Waals surface area contributed by atoms with Gasteiger partial charge in [0.2, 0.25) is 17.7 Å². The lowest BCUT2D eigenvalue weighted by Crippen LogP contribution is -2.43. The number of benzene rings is 1. The van der Waals surface area contributed by atoms with Crippen LogP contribution in [0.2, 0.25) is 0 Å². The molecule has 1 saturated carbocycles. The Hall–Kier alpha value is -3.47. The van der Waals surface area contributed by atoms with E-state index in [0.29, 0.717) is 23.7 Å². The van der Waals surface area contributed by atoms with Crippen LogP contribution < -0.4 is 15.0 Å².